The molecule has 5 heteroatoms. The van der Waals surface area contributed by atoms with E-state index in [-0.39, 0.29) is 0 Å². The van der Waals surface area contributed by atoms with Crippen molar-refractivity contribution in [1.29, 1.82) is 0 Å². The quantitative estimate of drug-likeness (QED) is 0.893. The van der Waals surface area contributed by atoms with E-state index >= 15 is 0 Å². The number of rotatable bonds is 3. The predicted molar refractivity (Wildman–Crippen MR) is 61.1 cm³/mol. The highest BCUT2D eigenvalue weighted by Gasteiger charge is 2.09. The van der Waals surface area contributed by atoms with Crippen LogP contribution in [0.4, 0.5) is 0 Å². The van der Waals surface area contributed by atoms with Crippen molar-refractivity contribution in [3.8, 4) is 0 Å². The third kappa shape index (κ3) is 2.56. The van der Waals surface area contributed by atoms with Crippen molar-refractivity contribution in [2.75, 3.05) is 0 Å². The smallest absolute Gasteiger partial charge is 0.174 e. The molecule has 1 unspecified atom stereocenters. The lowest BCUT2D eigenvalue weighted by molar-refractivity contribution is 0.196. The summed E-state index contributed by atoms with van der Waals surface area (Å²) >= 11 is 2.89. The Kier molecular flexibility index (Phi) is 3.35. The van der Waals surface area contributed by atoms with Crippen LogP contribution >= 0.6 is 23.3 Å². The Morgan fingerprint density at radius 2 is 2.20 bits per heavy atom. The van der Waals surface area contributed by atoms with Gasteiger partial charge in [0.2, 0.25) is 0 Å². The summed E-state index contributed by atoms with van der Waals surface area (Å²) in [4.78, 5) is 5.13. The van der Waals surface area contributed by atoms with Crippen LogP contribution in [0.25, 0.3) is 0 Å². The van der Waals surface area contributed by atoms with Crippen molar-refractivity contribution in [2.45, 2.75) is 22.3 Å². The lowest BCUT2D eigenvalue weighted by Gasteiger charge is -2.09. The van der Waals surface area contributed by atoms with Crippen LogP contribution in [0.15, 0.2) is 39.8 Å². The molecular formula is C10H10N2OS2. The van der Waals surface area contributed by atoms with Crippen molar-refractivity contribution in [2.24, 2.45) is 0 Å². The second-order valence-electron chi connectivity index (χ2n) is 3.02. The monoisotopic (exact) mass is 238 g/mol. The summed E-state index contributed by atoms with van der Waals surface area (Å²) in [5.74, 6) is 0. The molecule has 0 radical (unpaired) electrons. The third-order valence-electron chi connectivity index (χ3n) is 1.91. The number of aromatic nitrogens is 2. The summed E-state index contributed by atoms with van der Waals surface area (Å²) in [6.07, 6.45) is 1.08. The molecule has 78 valence electrons. The van der Waals surface area contributed by atoms with E-state index in [1.54, 1.807) is 6.92 Å². The highest BCUT2D eigenvalue weighted by atomic mass is 32.2. The molecule has 1 heterocycles. The first-order chi connectivity index (χ1) is 7.27. The van der Waals surface area contributed by atoms with Gasteiger partial charge >= 0.3 is 0 Å². The van der Waals surface area contributed by atoms with Crippen LogP contribution in [0.1, 0.15) is 18.6 Å². The molecule has 2 aromatic rings. The summed E-state index contributed by atoms with van der Waals surface area (Å²) in [7, 11) is 0. The summed E-state index contributed by atoms with van der Waals surface area (Å²) in [6, 6.07) is 7.78. The van der Waals surface area contributed by atoms with E-state index in [0.717, 1.165) is 14.8 Å². The molecule has 15 heavy (non-hydrogen) atoms. The highest BCUT2D eigenvalue weighted by molar-refractivity contribution is 8.01. The minimum absolute atomic E-state index is 0.457. The van der Waals surface area contributed by atoms with E-state index in [2.05, 4.69) is 9.36 Å². The molecule has 1 N–H and O–H groups in total. The number of nitrogens with zero attached hydrogens (tertiary/aromatic N) is 2. The van der Waals surface area contributed by atoms with Crippen LogP contribution in [-0.2, 0) is 0 Å². The summed E-state index contributed by atoms with van der Waals surface area (Å²) in [5, 5.41) is 9.59. The first-order valence-electron chi connectivity index (χ1n) is 4.49. The Hall–Kier alpha value is -0.910. The lowest BCUT2D eigenvalue weighted by Crippen LogP contribution is -1.92. The molecule has 0 spiro atoms. The minimum atomic E-state index is -0.457. The van der Waals surface area contributed by atoms with Crippen LogP contribution < -0.4 is 0 Å². The standard InChI is InChI=1S/C10H10N2OS2/c1-7(13)8-4-2-3-5-9(8)14-10-11-6-12-15-10/h2-7,13H,1H3. The van der Waals surface area contributed by atoms with Crippen LogP contribution in [0, 0.1) is 0 Å². The number of hydrogen-bond acceptors (Lipinski definition) is 5. The van der Waals surface area contributed by atoms with Crippen molar-refractivity contribution >= 4 is 23.3 Å². The van der Waals surface area contributed by atoms with Gasteiger partial charge in [-0.2, -0.15) is 4.37 Å². The minimum Gasteiger partial charge on any atom is -0.389 e. The molecule has 0 amide bonds. The van der Waals surface area contributed by atoms with E-state index in [4.69, 9.17) is 0 Å². The molecule has 0 fully saturated rings. The molecule has 0 aliphatic rings. The summed E-state index contributed by atoms with van der Waals surface area (Å²) < 4.78 is 4.83. The maximum absolute atomic E-state index is 9.59. The summed E-state index contributed by atoms with van der Waals surface area (Å²) in [6.45, 7) is 1.76. The molecule has 1 aromatic heterocycles. The number of benzene rings is 1. The number of hydrogen-bond donors (Lipinski definition) is 1. The van der Waals surface area contributed by atoms with E-state index < -0.39 is 6.10 Å². The Labute approximate surface area is 96.4 Å². The lowest BCUT2D eigenvalue weighted by atomic mass is 10.1. The van der Waals surface area contributed by atoms with Gasteiger partial charge in [-0.3, -0.25) is 0 Å². The van der Waals surface area contributed by atoms with E-state index in [1.165, 1.54) is 29.6 Å². The Balaban J connectivity index is 2.28. The van der Waals surface area contributed by atoms with Gasteiger partial charge in [0.05, 0.1) is 6.10 Å². The fourth-order valence-corrected chi connectivity index (χ4v) is 2.84. The summed E-state index contributed by atoms with van der Waals surface area (Å²) in [5.41, 5.74) is 0.928. The fraction of sp³-hybridized carbons (Fsp3) is 0.200. The first kappa shape index (κ1) is 10.6. The molecule has 3 nitrogen and oxygen atoms in total. The van der Waals surface area contributed by atoms with Crippen molar-refractivity contribution < 1.29 is 5.11 Å². The largest absolute Gasteiger partial charge is 0.389 e. The average Bonchev–Trinajstić information content (AvgIpc) is 2.71. The van der Waals surface area contributed by atoms with E-state index in [1.807, 2.05) is 24.3 Å². The van der Waals surface area contributed by atoms with E-state index in [0.29, 0.717) is 0 Å². The number of aliphatic hydroxyl groups excluding tert-OH is 1. The molecule has 0 aliphatic carbocycles. The van der Waals surface area contributed by atoms with Crippen LogP contribution in [-0.4, -0.2) is 14.5 Å². The zero-order chi connectivity index (χ0) is 10.7. The van der Waals surface area contributed by atoms with Crippen molar-refractivity contribution in [3.05, 3.63) is 36.2 Å². The van der Waals surface area contributed by atoms with Gasteiger partial charge in [-0.1, -0.05) is 30.0 Å². The maximum Gasteiger partial charge on any atom is 0.174 e. The van der Waals surface area contributed by atoms with Gasteiger partial charge in [-0.25, -0.2) is 4.98 Å². The third-order valence-corrected chi connectivity index (χ3v) is 3.71. The van der Waals surface area contributed by atoms with Gasteiger partial charge in [-0.05, 0) is 30.1 Å². The maximum atomic E-state index is 9.59. The molecule has 1 atom stereocenters. The molecule has 0 bridgehead atoms. The first-order valence-corrected chi connectivity index (χ1v) is 6.08. The predicted octanol–water partition coefficient (Wildman–Crippen LogP) is 2.74. The van der Waals surface area contributed by atoms with E-state index in [9.17, 15) is 5.11 Å². The highest BCUT2D eigenvalue weighted by Crippen LogP contribution is 2.33. The Morgan fingerprint density at radius 3 is 2.87 bits per heavy atom. The zero-order valence-electron chi connectivity index (χ0n) is 8.12. The van der Waals surface area contributed by atoms with Gasteiger partial charge in [0.25, 0.3) is 0 Å². The van der Waals surface area contributed by atoms with Gasteiger partial charge in [0.15, 0.2) is 4.34 Å². The Bertz CT molecular complexity index is 429. The fourth-order valence-electron chi connectivity index (χ4n) is 1.22. The van der Waals surface area contributed by atoms with Crippen LogP contribution in [0.5, 0.6) is 0 Å². The molecule has 0 aliphatic heterocycles. The normalized spacial score (nSPS) is 12.7. The number of aliphatic hydroxyl groups is 1. The average molecular weight is 238 g/mol. The van der Waals surface area contributed by atoms with Crippen LogP contribution in [0.2, 0.25) is 0 Å². The van der Waals surface area contributed by atoms with Gasteiger partial charge in [0, 0.05) is 4.90 Å². The molecule has 0 saturated heterocycles. The van der Waals surface area contributed by atoms with Crippen molar-refractivity contribution in [1.82, 2.24) is 9.36 Å². The Morgan fingerprint density at radius 1 is 1.40 bits per heavy atom. The SMILES string of the molecule is CC(O)c1ccccc1Sc1ncns1. The molecule has 0 saturated carbocycles. The van der Waals surface area contributed by atoms with Gasteiger partial charge in [0.1, 0.15) is 6.33 Å². The molecule has 1 aromatic carbocycles. The van der Waals surface area contributed by atoms with Gasteiger partial charge in [-0.15, -0.1) is 0 Å². The van der Waals surface area contributed by atoms with Crippen molar-refractivity contribution in [3.63, 3.8) is 0 Å². The zero-order valence-corrected chi connectivity index (χ0v) is 9.76. The van der Waals surface area contributed by atoms with Crippen LogP contribution in [0.3, 0.4) is 0 Å². The second-order valence-corrected chi connectivity index (χ2v) is 5.09. The second kappa shape index (κ2) is 4.74. The van der Waals surface area contributed by atoms with Gasteiger partial charge < -0.3 is 5.11 Å². The molecule has 2 rings (SSSR count). The topological polar surface area (TPSA) is 46.0 Å². The molecular weight excluding hydrogens is 228 g/mol.